The van der Waals surface area contributed by atoms with Gasteiger partial charge in [-0.05, 0) is 49.2 Å². The molecule has 1 aromatic heterocycles. The number of nitrogens with one attached hydrogen (secondary N) is 1. The maximum atomic E-state index is 12.6. The Morgan fingerprint density at radius 3 is 2.63 bits per heavy atom. The fourth-order valence-corrected chi connectivity index (χ4v) is 5.07. The first kappa shape index (κ1) is 22.0. The second-order valence-corrected chi connectivity index (χ2v) is 10.1. The van der Waals surface area contributed by atoms with E-state index < -0.39 is 22.1 Å². The molecule has 1 N–H and O–H groups in total. The number of ketones is 1. The average Bonchev–Trinajstić information content (AvgIpc) is 3.31. The zero-order chi connectivity index (χ0) is 22.1. The van der Waals surface area contributed by atoms with Gasteiger partial charge in [-0.25, -0.2) is 13.2 Å². The highest BCUT2D eigenvalue weighted by Crippen LogP contribution is 2.31. The molecule has 0 saturated carbocycles. The quantitative estimate of drug-likeness (QED) is 0.511. The molecule has 1 aliphatic heterocycles. The summed E-state index contributed by atoms with van der Waals surface area (Å²) in [4.78, 5) is 37.3. The molecule has 1 aliphatic rings. The maximum Gasteiger partial charge on any atom is 0.338 e. The number of amides is 1. The fraction of sp³-hybridized carbons (Fsp3) is 0.350. The Morgan fingerprint density at radius 1 is 1.23 bits per heavy atom. The number of anilines is 1. The van der Waals surface area contributed by atoms with Gasteiger partial charge in [-0.3, -0.25) is 13.9 Å². The van der Waals surface area contributed by atoms with Gasteiger partial charge in [-0.2, -0.15) is 0 Å². The van der Waals surface area contributed by atoms with E-state index in [1.807, 2.05) is 0 Å². The van der Waals surface area contributed by atoms with Crippen molar-refractivity contribution in [1.29, 1.82) is 0 Å². The number of hydrogen-bond acceptors (Lipinski definition) is 7. The van der Waals surface area contributed by atoms with Crippen molar-refractivity contribution in [3.63, 3.8) is 0 Å². The molecule has 0 aliphatic carbocycles. The number of Topliss-reactive ketones (excluding diaryl/α,β-unsaturated/α-hetero) is 1. The number of benzene rings is 1. The lowest BCUT2D eigenvalue weighted by molar-refractivity contribution is -0.119. The standard InChI is InChI=1S/C20H22N2O6S2/c1-12(19(24)18-7-5-16(29-18)11-21-13(2)23)28-20(25)15-4-6-17-14(10-15)8-9-22(17)30(3,26)27/h4-7,10,12H,8-9,11H2,1-3H3,(H,21,23). The Bertz CT molecular complexity index is 1110. The highest BCUT2D eigenvalue weighted by Gasteiger charge is 2.28. The molecular weight excluding hydrogens is 428 g/mol. The van der Waals surface area contributed by atoms with Crippen molar-refractivity contribution in [2.45, 2.75) is 32.9 Å². The van der Waals surface area contributed by atoms with Crippen LogP contribution in [0.4, 0.5) is 5.69 Å². The third-order valence-electron chi connectivity index (χ3n) is 4.64. The van der Waals surface area contributed by atoms with Crippen LogP contribution in [-0.4, -0.2) is 45.0 Å². The van der Waals surface area contributed by atoms with Crippen molar-refractivity contribution in [3.05, 3.63) is 51.2 Å². The lowest BCUT2D eigenvalue weighted by Gasteiger charge is -2.16. The molecule has 10 heteroatoms. The van der Waals surface area contributed by atoms with Gasteiger partial charge in [-0.15, -0.1) is 11.3 Å². The van der Waals surface area contributed by atoms with Gasteiger partial charge < -0.3 is 10.1 Å². The molecule has 0 fully saturated rings. The number of thiophene rings is 1. The normalized spacial score (nSPS) is 14.2. The van der Waals surface area contributed by atoms with Gasteiger partial charge in [0.15, 0.2) is 6.10 Å². The predicted octanol–water partition coefficient (Wildman–Crippen LogP) is 2.13. The Kier molecular flexibility index (Phi) is 6.27. The SMILES string of the molecule is CC(=O)NCc1ccc(C(=O)C(C)OC(=O)c2ccc3c(c2)CCN3S(C)(=O)=O)s1. The Balaban J connectivity index is 1.66. The first-order valence-corrected chi connectivity index (χ1v) is 11.9. The van der Waals surface area contributed by atoms with E-state index >= 15 is 0 Å². The Hall–Kier alpha value is -2.72. The van der Waals surface area contributed by atoms with Gasteiger partial charge in [-0.1, -0.05) is 0 Å². The lowest BCUT2D eigenvalue weighted by atomic mass is 10.1. The van der Waals surface area contributed by atoms with Gasteiger partial charge in [0.25, 0.3) is 0 Å². The predicted molar refractivity (Wildman–Crippen MR) is 113 cm³/mol. The van der Waals surface area contributed by atoms with Crippen LogP contribution in [0.1, 0.15) is 44.3 Å². The smallest absolute Gasteiger partial charge is 0.338 e. The molecule has 3 rings (SSSR count). The zero-order valence-corrected chi connectivity index (χ0v) is 18.4. The first-order chi connectivity index (χ1) is 14.1. The number of nitrogens with zero attached hydrogens (tertiary/aromatic N) is 1. The number of hydrogen-bond donors (Lipinski definition) is 1. The van der Waals surface area contributed by atoms with Crippen molar-refractivity contribution in [2.24, 2.45) is 0 Å². The van der Waals surface area contributed by atoms with Crippen LogP contribution in [0, 0.1) is 0 Å². The molecule has 0 saturated heterocycles. The summed E-state index contributed by atoms with van der Waals surface area (Å²) in [5.41, 5.74) is 1.57. The van der Waals surface area contributed by atoms with Crippen molar-refractivity contribution in [2.75, 3.05) is 17.1 Å². The molecule has 1 amide bonds. The number of ether oxygens (including phenoxy) is 1. The minimum atomic E-state index is -3.37. The van der Waals surface area contributed by atoms with Gasteiger partial charge in [0, 0.05) is 18.3 Å². The van der Waals surface area contributed by atoms with Crippen LogP contribution >= 0.6 is 11.3 Å². The summed E-state index contributed by atoms with van der Waals surface area (Å²) in [6.07, 6.45) is 0.666. The molecule has 160 valence electrons. The highest BCUT2D eigenvalue weighted by atomic mass is 32.2. The summed E-state index contributed by atoms with van der Waals surface area (Å²) in [6.45, 7) is 3.59. The monoisotopic (exact) mass is 450 g/mol. The van der Waals surface area contributed by atoms with E-state index in [1.54, 1.807) is 24.3 Å². The van der Waals surface area contributed by atoms with E-state index in [0.717, 1.165) is 16.7 Å². The van der Waals surface area contributed by atoms with Crippen LogP contribution in [0.5, 0.6) is 0 Å². The summed E-state index contributed by atoms with van der Waals surface area (Å²) < 4.78 is 30.3. The van der Waals surface area contributed by atoms with Crippen molar-refractivity contribution >= 4 is 44.7 Å². The number of rotatable bonds is 7. The number of sulfonamides is 1. The minimum absolute atomic E-state index is 0.160. The average molecular weight is 451 g/mol. The molecule has 0 bridgehead atoms. The molecule has 0 radical (unpaired) electrons. The second kappa shape index (κ2) is 8.57. The largest absolute Gasteiger partial charge is 0.451 e. The van der Waals surface area contributed by atoms with Crippen LogP contribution in [-0.2, 0) is 32.5 Å². The topological polar surface area (TPSA) is 110 Å². The van der Waals surface area contributed by atoms with Crippen LogP contribution < -0.4 is 9.62 Å². The number of esters is 1. The van der Waals surface area contributed by atoms with Gasteiger partial charge >= 0.3 is 5.97 Å². The maximum absolute atomic E-state index is 12.6. The third-order valence-corrected chi connectivity index (χ3v) is 6.92. The molecule has 2 aromatic rings. The molecule has 30 heavy (non-hydrogen) atoms. The molecule has 1 unspecified atom stereocenters. The van der Waals surface area contributed by atoms with E-state index in [-0.39, 0.29) is 17.3 Å². The lowest BCUT2D eigenvalue weighted by Crippen LogP contribution is -2.27. The first-order valence-electron chi connectivity index (χ1n) is 9.25. The molecule has 0 spiro atoms. The summed E-state index contributed by atoms with van der Waals surface area (Å²) in [6, 6.07) is 8.08. The van der Waals surface area contributed by atoms with E-state index in [1.165, 1.54) is 35.6 Å². The highest BCUT2D eigenvalue weighted by molar-refractivity contribution is 7.92. The van der Waals surface area contributed by atoms with Crippen molar-refractivity contribution < 1.29 is 27.5 Å². The van der Waals surface area contributed by atoms with Crippen LogP contribution in [0.25, 0.3) is 0 Å². The van der Waals surface area contributed by atoms with E-state index in [0.29, 0.717) is 30.1 Å². The summed E-state index contributed by atoms with van der Waals surface area (Å²) >= 11 is 1.24. The van der Waals surface area contributed by atoms with Crippen molar-refractivity contribution in [1.82, 2.24) is 5.32 Å². The Morgan fingerprint density at radius 2 is 1.97 bits per heavy atom. The van der Waals surface area contributed by atoms with E-state index in [9.17, 15) is 22.8 Å². The second-order valence-electron chi connectivity index (χ2n) is 7.02. The van der Waals surface area contributed by atoms with Crippen LogP contribution in [0.15, 0.2) is 30.3 Å². The summed E-state index contributed by atoms with van der Waals surface area (Å²) in [5.74, 6) is -1.13. The van der Waals surface area contributed by atoms with E-state index in [2.05, 4.69) is 5.32 Å². The summed E-state index contributed by atoms with van der Waals surface area (Å²) in [5, 5.41) is 2.66. The molecule has 8 nitrogen and oxygen atoms in total. The van der Waals surface area contributed by atoms with Crippen LogP contribution in [0.3, 0.4) is 0 Å². The third kappa shape index (κ3) is 4.88. The molecule has 2 heterocycles. The van der Waals surface area contributed by atoms with Crippen molar-refractivity contribution in [3.8, 4) is 0 Å². The zero-order valence-electron chi connectivity index (χ0n) is 16.8. The molecular formula is C20H22N2O6S2. The molecule has 1 atom stereocenters. The fourth-order valence-electron chi connectivity index (χ4n) is 3.14. The number of carbonyl (C=O) groups excluding carboxylic acids is 3. The summed E-state index contributed by atoms with van der Waals surface area (Å²) in [7, 11) is -3.37. The molecule has 1 aromatic carbocycles. The Labute approximate surface area is 178 Å². The minimum Gasteiger partial charge on any atom is -0.451 e. The van der Waals surface area contributed by atoms with Gasteiger partial charge in [0.2, 0.25) is 21.7 Å². The van der Waals surface area contributed by atoms with Gasteiger partial charge in [0.1, 0.15) is 0 Å². The van der Waals surface area contributed by atoms with Crippen LogP contribution in [0.2, 0.25) is 0 Å². The number of fused-ring (bicyclic) bond motifs is 1. The van der Waals surface area contributed by atoms with E-state index in [4.69, 9.17) is 4.74 Å². The number of carbonyl (C=O) groups is 3. The van der Waals surface area contributed by atoms with Gasteiger partial charge in [0.05, 0.1) is 28.9 Å².